The summed E-state index contributed by atoms with van der Waals surface area (Å²) in [6.07, 6.45) is 0. The second-order valence-electron chi connectivity index (χ2n) is 0.513. The molecule has 0 spiro atoms. The van der Waals surface area contributed by atoms with Crippen molar-refractivity contribution in [2.24, 2.45) is 0 Å². The smallest absolute Gasteiger partial charge is 1.00 e. The van der Waals surface area contributed by atoms with Crippen LogP contribution < -0.4 is 0 Å². The standard InChI is InChI=1S/Ca.Fe.H3O4P.2H2O.2H/c;;1-5(2,3)4;;;;/h;;(H3,1,2,3,4);2*1H2;;/q+2;;;;;2*-1. The van der Waals surface area contributed by atoms with Gasteiger partial charge in [0.15, 0.2) is 0 Å². The molecule has 9 heavy (non-hydrogen) atoms. The van der Waals surface area contributed by atoms with Crippen LogP contribution in [0.1, 0.15) is 2.85 Å². The van der Waals surface area contributed by atoms with Gasteiger partial charge in [0.2, 0.25) is 0 Å². The molecule has 0 rings (SSSR count). The van der Waals surface area contributed by atoms with Gasteiger partial charge in [-0.2, -0.15) is 0 Å². The van der Waals surface area contributed by atoms with Crippen LogP contribution in [0, 0.1) is 0 Å². The Morgan fingerprint density at radius 1 is 1.11 bits per heavy atom. The number of phosphoric acid groups is 1. The molecule has 0 unspecified atom stereocenters. The number of hydrogen-bond acceptors (Lipinski definition) is 1. The van der Waals surface area contributed by atoms with Gasteiger partial charge in [-0.15, -0.1) is 0 Å². The van der Waals surface area contributed by atoms with Crippen LogP contribution in [-0.4, -0.2) is 63.4 Å². The minimum absolute atomic E-state index is 0. The monoisotopic (exact) mass is 232 g/mol. The molecule has 0 amide bonds. The van der Waals surface area contributed by atoms with Crippen molar-refractivity contribution >= 4 is 45.6 Å². The van der Waals surface area contributed by atoms with Gasteiger partial charge in [0.25, 0.3) is 0 Å². The predicted octanol–water partition coefficient (Wildman–Crippen LogP) is -2.74. The summed E-state index contributed by atoms with van der Waals surface area (Å²) in [6.45, 7) is 0. The van der Waals surface area contributed by atoms with E-state index >= 15 is 0 Å². The Balaban J connectivity index is -0.00000000533. The molecule has 9 heteroatoms. The Labute approximate surface area is 94.9 Å². The van der Waals surface area contributed by atoms with Crippen molar-refractivity contribution in [2.45, 2.75) is 0 Å². The Kier molecular flexibility index (Phi) is 42.7. The van der Waals surface area contributed by atoms with Gasteiger partial charge in [-0.05, 0) is 0 Å². The van der Waals surface area contributed by atoms with Crippen molar-refractivity contribution < 1.29 is 50.1 Å². The summed E-state index contributed by atoms with van der Waals surface area (Å²) < 4.78 is 8.88. The minimum Gasteiger partial charge on any atom is -1.00 e. The van der Waals surface area contributed by atoms with E-state index in [1.165, 1.54) is 0 Å². The molecule has 0 radical (unpaired) electrons. The topological polar surface area (TPSA) is 141 Å². The fourth-order valence-corrected chi connectivity index (χ4v) is 0. The van der Waals surface area contributed by atoms with E-state index in [1.54, 1.807) is 0 Å². The summed E-state index contributed by atoms with van der Waals surface area (Å²) >= 11 is 0. The summed E-state index contributed by atoms with van der Waals surface area (Å²) in [5, 5.41) is 0. The van der Waals surface area contributed by atoms with Crippen LogP contribution in [0.4, 0.5) is 0 Å². The maximum absolute atomic E-state index is 8.88. The zero-order valence-corrected chi connectivity index (χ0v) is 8.46. The molecule has 0 aromatic heterocycles. The van der Waals surface area contributed by atoms with E-state index < -0.39 is 7.82 Å². The third-order valence-electron chi connectivity index (χ3n) is 0. The summed E-state index contributed by atoms with van der Waals surface area (Å²) in [6, 6.07) is 0. The van der Waals surface area contributed by atoms with Crippen LogP contribution in [-0.2, 0) is 21.6 Å². The largest absolute Gasteiger partial charge is 2.00 e. The summed E-state index contributed by atoms with van der Waals surface area (Å²) in [7, 11) is -4.64. The minimum atomic E-state index is -4.64. The van der Waals surface area contributed by atoms with E-state index in [9.17, 15) is 0 Å². The molecule has 0 saturated carbocycles. The van der Waals surface area contributed by atoms with E-state index in [-0.39, 0.29) is 68.6 Å². The average molecular weight is 232 g/mol. The Hall–Kier alpha value is 1.81. The van der Waals surface area contributed by atoms with Gasteiger partial charge in [-0.25, -0.2) is 4.57 Å². The van der Waals surface area contributed by atoms with Gasteiger partial charge in [-0.1, -0.05) is 0 Å². The molecule has 0 heterocycles. The van der Waals surface area contributed by atoms with Crippen LogP contribution >= 0.6 is 7.82 Å². The van der Waals surface area contributed by atoms with E-state index in [1.807, 2.05) is 0 Å². The SMILES string of the molecule is O.O.O=P(O)(O)O.[Ca+2].[Fe].[H-].[H-]. The average Bonchev–Trinajstić information content (AvgIpc) is 0.722. The van der Waals surface area contributed by atoms with Crippen LogP contribution in [0.5, 0.6) is 0 Å². The Morgan fingerprint density at radius 2 is 1.11 bits per heavy atom. The molecule has 0 aliphatic rings. The molecule has 0 aliphatic carbocycles. The molecule has 60 valence electrons. The molecular formula is H9CaFeO6P. The van der Waals surface area contributed by atoms with E-state index in [0.717, 1.165) is 0 Å². The maximum Gasteiger partial charge on any atom is 2.00 e. The quantitative estimate of drug-likeness (QED) is 0.307. The molecule has 0 fully saturated rings. The van der Waals surface area contributed by atoms with Crippen molar-refractivity contribution in [1.29, 1.82) is 0 Å². The molecule has 6 nitrogen and oxygen atoms in total. The fraction of sp³-hybridized carbons (Fsp3) is 0. The predicted molar refractivity (Wildman–Crippen MR) is 29.5 cm³/mol. The van der Waals surface area contributed by atoms with Crippen molar-refractivity contribution in [3.8, 4) is 0 Å². The molecule has 0 saturated heterocycles. The first-order valence-corrected chi connectivity index (χ1v) is 2.35. The normalized spacial score (nSPS) is 6.56. The number of hydrogen-bond donors (Lipinski definition) is 3. The fourth-order valence-electron chi connectivity index (χ4n) is 0. The molecule has 7 N–H and O–H groups in total. The number of rotatable bonds is 0. The first kappa shape index (κ1) is 30.8. The van der Waals surface area contributed by atoms with Crippen LogP contribution in [0.3, 0.4) is 0 Å². The second kappa shape index (κ2) is 12.5. The van der Waals surface area contributed by atoms with Gasteiger partial charge >= 0.3 is 45.6 Å². The van der Waals surface area contributed by atoms with Crippen LogP contribution in [0.15, 0.2) is 0 Å². The third kappa shape index (κ3) is 183. The van der Waals surface area contributed by atoms with Gasteiger partial charge in [0.1, 0.15) is 0 Å². The molecule has 0 aliphatic heterocycles. The van der Waals surface area contributed by atoms with Crippen molar-refractivity contribution in [2.75, 3.05) is 0 Å². The van der Waals surface area contributed by atoms with Gasteiger partial charge in [0.05, 0.1) is 0 Å². The Morgan fingerprint density at radius 3 is 1.11 bits per heavy atom. The summed E-state index contributed by atoms with van der Waals surface area (Å²) in [4.78, 5) is 21.6. The maximum atomic E-state index is 8.88. The third-order valence-corrected chi connectivity index (χ3v) is 0. The van der Waals surface area contributed by atoms with Gasteiger partial charge < -0.3 is 28.5 Å². The molecule has 0 aromatic carbocycles. The zero-order valence-electron chi connectivity index (χ0n) is 6.26. The summed E-state index contributed by atoms with van der Waals surface area (Å²) in [5.41, 5.74) is 0. The second-order valence-corrected chi connectivity index (χ2v) is 1.54. The van der Waals surface area contributed by atoms with Crippen LogP contribution in [0.2, 0.25) is 0 Å². The Bertz CT molecular complexity index is 66.7. The van der Waals surface area contributed by atoms with Gasteiger partial charge in [-0.3, -0.25) is 0 Å². The first-order chi connectivity index (χ1) is 2.00. The first-order valence-electron chi connectivity index (χ1n) is 0.783. The van der Waals surface area contributed by atoms with E-state index in [4.69, 9.17) is 19.2 Å². The van der Waals surface area contributed by atoms with Crippen LogP contribution in [0.25, 0.3) is 0 Å². The molecule has 0 aromatic rings. The van der Waals surface area contributed by atoms with Crippen molar-refractivity contribution in [3.05, 3.63) is 0 Å². The van der Waals surface area contributed by atoms with E-state index in [2.05, 4.69) is 0 Å². The van der Waals surface area contributed by atoms with E-state index in [0.29, 0.717) is 0 Å². The summed E-state index contributed by atoms with van der Waals surface area (Å²) in [5.74, 6) is 0. The molecule has 0 atom stereocenters. The molecule has 0 bridgehead atoms. The van der Waals surface area contributed by atoms with Crippen molar-refractivity contribution in [1.82, 2.24) is 0 Å². The van der Waals surface area contributed by atoms with Gasteiger partial charge in [0, 0.05) is 17.1 Å². The van der Waals surface area contributed by atoms with Crippen molar-refractivity contribution in [3.63, 3.8) is 0 Å². The molecular weight excluding hydrogens is 223 g/mol. The zero-order chi connectivity index (χ0) is 4.50.